The van der Waals surface area contributed by atoms with E-state index in [9.17, 15) is 4.79 Å². The molecule has 0 unspecified atom stereocenters. The van der Waals surface area contributed by atoms with Crippen molar-refractivity contribution in [3.63, 3.8) is 0 Å². The topological polar surface area (TPSA) is 78.9 Å². The third-order valence-corrected chi connectivity index (χ3v) is 4.84. The molecule has 0 bridgehead atoms. The van der Waals surface area contributed by atoms with Crippen molar-refractivity contribution in [1.82, 2.24) is 4.98 Å². The summed E-state index contributed by atoms with van der Waals surface area (Å²) >= 11 is 1.38. The smallest absolute Gasteiger partial charge is 0.257 e. The number of fused-ring (bicyclic) bond motifs is 2. The lowest BCUT2D eigenvalue weighted by atomic mass is 10.2. The lowest BCUT2D eigenvalue weighted by Gasteiger charge is -2.12. The first-order chi connectivity index (χ1) is 13.2. The van der Waals surface area contributed by atoms with Gasteiger partial charge >= 0.3 is 0 Å². The highest BCUT2D eigenvalue weighted by atomic mass is 32.1. The zero-order chi connectivity index (χ0) is 18.8. The maximum atomic E-state index is 12.6. The standard InChI is InChI=1S/C19H18N2O5S/c1-3-23-13-6-5-11(7-14(13)24-4-2)18(22)21-19-20-12-8-15-16(26-10-25-15)9-17(12)27-19/h5-9H,3-4,10H2,1-2H3,(H,20,21,22). The highest BCUT2D eigenvalue weighted by molar-refractivity contribution is 7.22. The normalized spacial score (nSPS) is 12.2. The Morgan fingerprint density at radius 1 is 1.11 bits per heavy atom. The summed E-state index contributed by atoms with van der Waals surface area (Å²) < 4.78 is 22.8. The van der Waals surface area contributed by atoms with Crippen LogP contribution in [0.4, 0.5) is 5.13 Å². The van der Waals surface area contributed by atoms with Gasteiger partial charge in [0.25, 0.3) is 5.91 Å². The first-order valence-corrected chi connectivity index (χ1v) is 9.40. The molecule has 0 radical (unpaired) electrons. The van der Waals surface area contributed by atoms with Crippen molar-refractivity contribution in [3.05, 3.63) is 35.9 Å². The van der Waals surface area contributed by atoms with Crippen molar-refractivity contribution in [2.24, 2.45) is 0 Å². The molecule has 1 aromatic heterocycles. The average Bonchev–Trinajstić information content (AvgIpc) is 3.26. The molecule has 7 nitrogen and oxygen atoms in total. The van der Waals surface area contributed by atoms with Gasteiger partial charge in [0, 0.05) is 17.7 Å². The van der Waals surface area contributed by atoms with Crippen LogP contribution in [0.25, 0.3) is 10.2 Å². The number of benzene rings is 2. The number of hydrogen-bond donors (Lipinski definition) is 1. The van der Waals surface area contributed by atoms with Crippen LogP contribution in [0.15, 0.2) is 30.3 Å². The largest absolute Gasteiger partial charge is 0.490 e. The maximum Gasteiger partial charge on any atom is 0.257 e. The fraction of sp³-hybridized carbons (Fsp3) is 0.263. The highest BCUT2D eigenvalue weighted by Gasteiger charge is 2.18. The van der Waals surface area contributed by atoms with Gasteiger partial charge in [0.05, 0.1) is 23.4 Å². The average molecular weight is 386 g/mol. The van der Waals surface area contributed by atoms with Crippen LogP contribution in [0, 0.1) is 0 Å². The summed E-state index contributed by atoms with van der Waals surface area (Å²) in [4.78, 5) is 17.1. The van der Waals surface area contributed by atoms with Gasteiger partial charge in [-0.15, -0.1) is 0 Å². The van der Waals surface area contributed by atoms with Gasteiger partial charge in [0.1, 0.15) is 0 Å². The minimum Gasteiger partial charge on any atom is -0.490 e. The zero-order valence-corrected chi connectivity index (χ0v) is 15.7. The Morgan fingerprint density at radius 2 is 1.85 bits per heavy atom. The predicted molar refractivity (Wildman–Crippen MR) is 102 cm³/mol. The van der Waals surface area contributed by atoms with Gasteiger partial charge in [-0.05, 0) is 32.0 Å². The summed E-state index contributed by atoms with van der Waals surface area (Å²) in [7, 11) is 0. The van der Waals surface area contributed by atoms with Gasteiger partial charge in [-0.1, -0.05) is 11.3 Å². The van der Waals surface area contributed by atoms with Crippen LogP contribution in [-0.2, 0) is 0 Å². The first-order valence-electron chi connectivity index (χ1n) is 8.59. The van der Waals surface area contributed by atoms with Crippen molar-refractivity contribution in [1.29, 1.82) is 0 Å². The van der Waals surface area contributed by atoms with Gasteiger partial charge in [-0.2, -0.15) is 0 Å². The van der Waals surface area contributed by atoms with Gasteiger partial charge in [-0.3, -0.25) is 10.1 Å². The molecule has 0 aliphatic carbocycles. The molecule has 27 heavy (non-hydrogen) atoms. The van der Waals surface area contributed by atoms with E-state index in [1.165, 1.54) is 11.3 Å². The van der Waals surface area contributed by atoms with Crippen molar-refractivity contribution >= 4 is 32.6 Å². The number of aromatic nitrogens is 1. The fourth-order valence-corrected chi connectivity index (χ4v) is 3.60. The van der Waals surface area contributed by atoms with Crippen molar-refractivity contribution in [2.75, 3.05) is 25.3 Å². The molecule has 1 N–H and O–H groups in total. The summed E-state index contributed by atoms with van der Waals surface area (Å²) in [6.07, 6.45) is 0. The Kier molecular flexibility index (Phi) is 4.72. The van der Waals surface area contributed by atoms with Crippen molar-refractivity contribution < 1.29 is 23.7 Å². The molecule has 140 valence electrons. The molecule has 1 amide bonds. The summed E-state index contributed by atoms with van der Waals surface area (Å²) in [5, 5.41) is 3.34. The quantitative estimate of drug-likeness (QED) is 0.688. The van der Waals surface area contributed by atoms with E-state index in [0.717, 1.165) is 10.2 Å². The molecule has 0 fully saturated rings. The lowest BCUT2D eigenvalue weighted by Crippen LogP contribution is -2.12. The van der Waals surface area contributed by atoms with Crippen molar-refractivity contribution in [2.45, 2.75) is 13.8 Å². The Labute approximate surface area is 159 Å². The van der Waals surface area contributed by atoms with E-state index in [1.54, 1.807) is 18.2 Å². The summed E-state index contributed by atoms with van der Waals surface area (Å²) in [5.74, 6) is 2.25. The molecule has 1 aliphatic rings. The van der Waals surface area contributed by atoms with Crippen LogP contribution in [0.2, 0.25) is 0 Å². The van der Waals surface area contributed by atoms with Crippen LogP contribution in [0.5, 0.6) is 23.0 Å². The maximum absolute atomic E-state index is 12.6. The molecule has 0 saturated carbocycles. The Morgan fingerprint density at radius 3 is 2.63 bits per heavy atom. The number of carbonyl (C=O) groups is 1. The summed E-state index contributed by atoms with van der Waals surface area (Å²) in [5.41, 5.74) is 1.22. The number of carbonyl (C=O) groups excluding carboxylic acids is 1. The van der Waals surface area contributed by atoms with E-state index in [4.69, 9.17) is 18.9 Å². The third-order valence-electron chi connectivity index (χ3n) is 3.91. The van der Waals surface area contributed by atoms with Gasteiger partial charge < -0.3 is 18.9 Å². The highest BCUT2D eigenvalue weighted by Crippen LogP contribution is 2.39. The number of amides is 1. The van der Waals surface area contributed by atoms with E-state index in [1.807, 2.05) is 26.0 Å². The van der Waals surface area contributed by atoms with Gasteiger partial charge in [-0.25, -0.2) is 4.98 Å². The van der Waals surface area contributed by atoms with Crippen LogP contribution < -0.4 is 24.3 Å². The predicted octanol–water partition coefficient (Wildman–Crippen LogP) is 4.07. The van der Waals surface area contributed by atoms with E-state index in [-0.39, 0.29) is 12.7 Å². The molecule has 0 atom stereocenters. The van der Waals surface area contributed by atoms with Crippen LogP contribution >= 0.6 is 11.3 Å². The van der Waals surface area contributed by atoms with Crippen LogP contribution in [0.3, 0.4) is 0 Å². The molecule has 2 aromatic carbocycles. The minimum atomic E-state index is -0.266. The number of ether oxygens (including phenoxy) is 4. The minimum absolute atomic E-state index is 0.218. The second kappa shape index (κ2) is 7.32. The van der Waals surface area contributed by atoms with Gasteiger partial charge in [0.2, 0.25) is 6.79 Å². The molecule has 8 heteroatoms. The number of thiazole rings is 1. The second-order valence-electron chi connectivity index (χ2n) is 5.67. The van der Waals surface area contributed by atoms with Gasteiger partial charge in [0.15, 0.2) is 28.1 Å². The molecular formula is C19H18N2O5S. The fourth-order valence-electron chi connectivity index (χ4n) is 2.73. The number of anilines is 1. The lowest BCUT2D eigenvalue weighted by molar-refractivity contribution is 0.102. The Bertz CT molecular complexity index is 960. The second-order valence-corrected chi connectivity index (χ2v) is 6.70. The zero-order valence-electron chi connectivity index (χ0n) is 14.9. The number of nitrogens with zero attached hydrogens (tertiary/aromatic N) is 1. The van der Waals surface area contributed by atoms with Crippen LogP contribution in [0.1, 0.15) is 24.2 Å². The first kappa shape index (κ1) is 17.4. The molecule has 0 spiro atoms. The van der Waals surface area contributed by atoms with E-state index >= 15 is 0 Å². The summed E-state index contributed by atoms with van der Waals surface area (Å²) in [6, 6.07) is 8.80. The summed E-state index contributed by atoms with van der Waals surface area (Å²) in [6.45, 7) is 5.01. The Hall–Kier alpha value is -3.00. The van der Waals surface area contributed by atoms with E-state index in [2.05, 4.69) is 10.3 Å². The van der Waals surface area contributed by atoms with E-state index in [0.29, 0.717) is 46.9 Å². The SMILES string of the molecule is CCOc1ccc(C(=O)Nc2nc3cc4c(cc3s2)OCO4)cc1OCC. The Balaban J connectivity index is 1.56. The molecule has 2 heterocycles. The van der Waals surface area contributed by atoms with E-state index < -0.39 is 0 Å². The molecule has 4 rings (SSSR count). The molecule has 1 aliphatic heterocycles. The number of nitrogens with one attached hydrogen (secondary N) is 1. The molecular weight excluding hydrogens is 368 g/mol. The van der Waals surface area contributed by atoms with Crippen molar-refractivity contribution in [3.8, 4) is 23.0 Å². The number of hydrogen-bond acceptors (Lipinski definition) is 7. The monoisotopic (exact) mass is 386 g/mol. The number of rotatable bonds is 6. The molecule has 3 aromatic rings. The molecule has 0 saturated heterocycles. The van der Waals surface area contributed by atoms with Crippen LogP contribution in [-0.4, -0.2) is 30.9 Å². The third kappa shape index (κ3) is 3.48.